The van der Waals surface area contributed by atoms with E-state index in [0.29, 0.717) is 16.9 Å². The van der Waals surface area contributed by atoms with Crippen LogP contribution in [0.25, 0.3) is 22.3 Å². The van der Waals surface area contributed by atoms with E-state index < -0.39 is 10.9 Å². The first kappa shape index (κ1) is 13.6. The van der Waals surface area contributed by atoms with Gasteiger partial charge in [-0.1, -0.05) is 6.07 Å². The average molecular weight is 295 g/mol. The molecule has 1 N–H and O–H groups in total. The minimum atomic E-state index is -1.18. The number of hydrogen-bond acceptors (Lipinski definition) is 5. The number of carboxylic acids is 1. The Bertz CT molecular complexity index is 894. The number of rotatable bonds is 3. The molecule has 0 bridgehead atoms. The van der Waals surface area contributed by atoms with E-state index in [2.05, 4.69) is 9.97 Å². The molecule has 108 valence electrons. The summed E-state index contributed by atoms with van der Waals surface area (Å²) >= 11 is 0. The topological polar surface area (TPSA) is 106 Å². The van der Waals surface area contributed by atoms with Crippen molar-refractivity contribution in [3.05, 3.63) is 64.3 Å². The van der Waals surface area contributed by atoms with E-state index in [-0.39, 0.29) is 16.6 Å². The molecule has 0 spiro atoms. The third-order valence-corrected chi connectivity index (χ3v) is 3.16. The van der Waals surface area contributed by atoms with Crippen molar-refractivity contribution in [2.45, 2.75) is 0 Å². The zero-order valence-corrected chi connectivity index (χ0v) is 11.1. The monoisotopic (exact) mass is 295 g/mol. The lowest BCUT2D eigenvalue weighted by Gasteiger charge is -2.06. The van der Waals surface area contributed by atoms with Gasteiger partial charge in [0.15, 0.2) is 0 Å². The van der Waals surface area contributed by atoms with E-state index in [4.69, 9.17) is 0 Å². The van der Waals surface area contributed by atoms with Crippen LogP contribution in [-0.4, -0.2) is 26.0 Å². The molecule has 0 aliphatic heterocycles. The number of carboxylic acid groups (broad SMARTS) is 1. The van der Waals surface area contributed by atoms with E-state index in [1.807, 2.05) is 0 Å². The van der Waals surface area contributed by atoms with Crippen LogP contribution in [0.3, 0.4) is 0 Å². The fraction of sp³-hybridized carbons (Fsp3) is 0. The lowest BCUT2D eigenvalue weighted by molar-refractivity contribution is -0.384. The van der Waals surface area contributed by atoms with Crippen molar-refractivity contribution >= 4 is 22.6 Å². The third-order valence-electron chi connectivity index (χ3n) is 3.16. The van der Waals surface area contributed by atoms with E-state index in [0.717, 1.165) is 0 Å². The van der Waals surface area contributed by atoms with Crippen molar-refractivity contribution < 1.29 is 14.8 Å². The number of aromatic carboxylic acids is 1. The molecule has 7 nitrogen and oxygen atoms in total. The summed E-state index contributed by atoms with van der Waals surface area (Å²) < 4.78 is 0. The highest BCUT2D eigenvalue weighted by Gasteiger charge is 2.16. The van der Waals surface area contributed by atoms with Crippen LogP contribution < -0.4 is 0 Å². The van der Waals surface area contributed by atoms with Gasteiger partial charge >= 0.3 is 5.97 Å². The van der Waals surface area contributed by atoms with Gasteiger partial charge in [0.1, 0.15) is 0 Å². The molecule has 0 atom stereocenters. The van der Waals surface area contributed by atoms with Crippen LogP contribution in [0, 0.1) is 10.1 Å². The summed E-state index contributed by atoms with van der Waals surface area (Å²) in [5.41, 5.74) is 1.08. The number of carbonyl (C=O) groups is 1. The van der Waals surface area contributed by atoms with Crippen molar-refractivity contribution in [2.75, 3.05) is 0 Å². The fourth-order valence-electron chi connectivity index (χ4n) is 2.15. The molecule has 0 amide bonds. The summed E-state index contributed by atoms with van der Waals surface area (Å²) in [6, 6.07) is 10.5. The quantitative estimate of drug-likeness (QED) is 0.588. The summed E-state index contributed by atoms with van der Waals surface area (Å²) in [5.74, 6) is -1.18. The fourth-order valence-corrected chi connectivity index (χ4v) is 2.15. The molecule has 0 fully saturated rings. The summed E-state index contributed by atoms with van der Waals surface area (Å²) in [5, 5.41) is 20.4. The Labute approximate surface area is 124 Å². The Morgan fingerprint density at radius 3 is 2.59 bits per heavy atom. The van der Waals surface area contributed by atoms with Crippen LogP contribution in [0.15, 0.2) is 48.7 Å². The Kier molecular flexibility index (Phi) is 3.23. The Balaban J connectivity index is 2.30. The van der Waals surface area contributed by atoms with Crippen LogP contribution in [0.1, 0.15) is 10.4 Å². The Morgan fingerprint density at radius 2 is 1.95 bits per heavy atom. The summed E-state index contributed by atoms with van der Waals surface area (Å²) in [4.78, 5) is 30.2. The first-order valence-corrected chi connectivity index (χ1v) is 6.30. The second-order valence-electron chi connectivity index (χ2n) is 4.53. The molecule has 22 heavy (non-hydrogen) atoms. The molecule has 2 heterocycles. The normalized spacial score (nSPS) is 10.5. The van der Waals surface area contributed by atoms with Gasteiger partial charge in [-0.15, -0.1) is 0 Å². The van der Waals surface area contributed by atoms with E-state index in [1.54, 1.807) is 24.4 Å². The predicted octanol–water partition coefficient (Wildman–Crippen LogP) is 2.90. The van der Waals surface area contributed by atoms with Gasteiger partial charge in [0.2, 0.25) is 0 Å². The van der Waals surface area contributed by atoms with Crippen molar-refractivity contribution in [3.8, 4) is 11.4 Å². The van der Waals surface area contributed by atoms with Crippen LogP contribution in [0.5, 0.6) is 0 Å². The highest BCUT2D eigenvalue weighted by atomic mass is 16.6. The lowest BCUT2D eigenvalue weighted by Crippen LogP contribution is -2.01. The van der Waals surface area contributed by atoms with Gasteiger partial charge in [0, 0.05) is 23.7 Å². The SMILES string of the molecule is O=C(O)c1cc(-c2ccccn2)nc2ccc([N+](=O)[O-])cc12. The number of nitro groups is 1. The zero-order chi connectivity index (χ0) is 15.7. The molecule has 0 saturated heterocycles. The van der Waals surface area contributed by atoms with Gasteiger partial charge in [0.25, 0.3) is 5.69 Å². The molecule has 0 radical (unpaired) electrons. The summed E-state index contributed by atoms with van der Waals surface area (Å²) in [6.07, 6.45) is 1.58. The van der Waals surface area contributed by atoms with Crippen molar-refractivity contribution in [1.82, 2.24) is 9.97 Å². The van der Waals surface area contributed by atoms with Gasteiger partial charge in [-0.3, -0.25) is 15.1 Å². The number of pyridine rings is 2. The van der Waals surface area contributed by atoms with Crippen LogP contribution >= 0.6 is 0 Å². The van der Waals surface area contributed by atoms with Gasteiger partial charge in [-0.2, -0.15) is 0 Å². The summed E-state index contributed by atoms with van der Waals surface area (Å²) in [7, 11) is 0. The number of nitrogens with zero attached hydrogens (tertiary/aromatic N) is 3. The molecule has 3 aromatic rings. The smallest absolute Gasteiger partial charge is 0.336 e. The lowest BCUT2D eigenvalue weighted by atomic mass is 10.1. The van der Waals surface area contributed by atoms with E-state index >= 15 is 0 Å². The maximum Gasteiger partial charge on any atom is 0.336 e. The minimum absolute atomic E-state index is 0.0469. The number of nitro benzene ring substituents is 1. The summed E-state index contributed by atoms with van der Waals surface area (Å²) in [6.45, 7) is 0. The minimum Gasteiger partial charge on any atom is -0.478 e. The molecule has 7 heteroatoms. The van der Waals surface area contributed by atoms with Crippen LogP contribution in [0.4, 0.5) is 5.69 Å². The largest absolute Gasteiger partial charge is 0.478 e. The van der Waals surface area contributed by atoms with Gasteiger partial charge < -0.3 is 5.11 Å². The first-order valence-electron chi connectivity index (χ1n) is 6.30. The number of non-ortho nitro benzene ring substituents is 1. The molecule has 0 saturated carbocycles. The molecule has 0 aliphatic rings. The van der Waals surface area contributed by atoms with Crippen molar-refractivity contribution in [1.29, 1.82) is 0 Å². The Morgan fingerprint density at radius 1 is 1.14 bits per heavy atom. The molecule has 3 rings (SSSR count). The molecular weight excluding hydrogens is 286 g/mol. The highest BCUT2D eigenvalue weighted by Crippen LogP contribution is 2.27. The van der Waals surface area contributed by atoms with Crippen molar-refractivity contribution in [2.24, 2.45) is 0 Å². The molecule has 0 unspecified atom stereocenters. The predicted molar refractivity (Wildman–Crippen MR) is 78.6 cm³/mol. The maximum atomic E-state index is 11.5. The molecule has 2 aromatic heterocycles. The van der Waals surface area contributed by atoms with Gasteiger partial charge in [0.05, 0.1) is 27.4 Å². The van der Waals surface area contributed by atoms with Gasteiger partial charge in [-0.05, 0) is 24.3 Å². The van der Waals surface area contributed by atoms with Crippen LogP contribution in [0.2, 0.25) is 0 Å². The number of fused-ring (bicyclic) bond motifs is 1. The zero-order valence-electron chi connectivity index (χ0n) is 11.1. The highest BCUT2D eigenvalue weighted by molar-refractivity contribution is 6.04. The standard InChI is InChI=1S/C15H9N3O4/c19-15(20)11-8-14(13-3-1-2-6-16-13)17-12-5-4-9(18(21)22)7-10(11)12/h1-8H,(H,19,20). The van der Waals surface area contributed by atoms with Gasteiger partial charge in [-0.25, -0.2) is 9.78 Å². The molecule has 1 aromatic carbocycles. The maximum absolute atomic E-state index is 11.5. The first-order chi connectivity index (χ1) is 10.6. The third kappa shape index (κ3) is 2.35. The molecular formula is C15H9N3O4. The van der Waals surface area contributed by atoms with E-state index in [9.17, 15) is 20.0 Å². The van der Waals surface area contributed by atoms with Crippen molar-refractivity contribution in [3.63, 3.8) is 0 Å². The van der Waals surface area contributed by atoms with Crippen LogP contribution in [-0.2, 0) is 0 Å². The van der Waals surface area contributed by atoms with E-state index in [1.165, 1.54) is 24.3 Å². The Hall–Kier alpha value is -3.35. The second-order valence-corrected chi connectivity index (χ2v) is 4.53. The average Bonchev–Trinajstić information content (AvgIpc) is 2.53. The number of hydrogen-bond donors (Lipinski definition) is 1. The number of benzene rings is 1. The second kappa shape index (κ2) is 5.21. The molecule has 0 aliphatic carbocycles. The number of aromatic nitrogens is 2.